The monoisotopic (exact) mass is 329 g/mol. The molecule has 1 atom stereocenters. The number of aliphatic hydroxyl groups is 1. The third kappa shape index (κ3) is 3.60. The Hall–Kier alpha value is -0.780. The van der Waals surface area contributed by atoms with Crippen molar-refractivity contribution in [3.05, 3.63) is 50.1 Å². The Morgan fingerprint density at radius 3 is 2.89 bits per heavy atom. The number of aryl methyl sites for hydroxylation is 1. The van der Waals surface area contributed by atoms with Gasteiger partial charge in [-0.1, -0.05) is 15.9 Å². The highest BCUT2D eigenvalue weighted by Gasteiger charge is 2.12. The molecule has 2 aromatic rings. The minimum atomic E-state index is -0.548. The van der Waals surface area contributed by atoms with Crippen molar-refractivity contribution in [3.8, 4) is 0 Å². The summed E-state index contributed by atoms with van der Waals surface area (Å²) in [6, 6.07) is 4.50. The molecule has 1 aromatic heterocycles. The van der Waals surface area contributed by atoms with Crippen molar-refractivity contribution in [1.82, 2.24) is 4.98 Å². The first-order valence-electron chi connectivity index (χ1n) is 5.57. The van der Waals surface area contributed by atoms with E-state index in [4.69, 9.17) is 0 Å². The van der Waals surface area contributed by atoms with Crippen LogP contribution in [0.3, 0.4) is 0 Å². The number of aliphatic hydroxyl groups excluding tert-OH is 1. The molecular formula is C13H13BrFNOS. The third-order valence-corrected chi connectivity index (χ3v) is 4.30. The topological polar surface area (TPSA) is 33.1 Å². The zero-order chi connectivity index (χ0) is 13.1. The van der Waals surface area contributed by atoms with E-state index in [2.05, 4.69) is 20.9 Å². The zero-order valence-electron chi connectivity index (χ0n) is 9.86. The molecule has 18 heavy (non-hydrogen) atoms. The van der Waals surface area contributed by atoms with Crippen LogP contribution in [0.5, 0.6) is 0 Å². The molecule has 0 bridgehead atoms. The van der Waals surface area contributed by atoms with E-state index in [0.29, 0.717) is 12.8 Å². The van der Waals surface area contributed by atoms with E-state index in [1.54, 1.807) is 6.07 Å². The van der Waals surface area contributed by atoms with Crippen molar-refractivity contribution < 1.29 is 9.50 Å². The van der Waals surface area contributed by atoms with Crippen LogP contribution in [0.15, 0.2) is 28.1 Å². The molecule has 0 amide bonds. The summed E-state index contributed by atoms with van der Waals surface area (Å²) in [6.07, 6.45) is 0.368. The molecule has 2 nitrogen and oxygen atoms in total. The van der Waals surface area contributed by atoms with Gasteiger partial charge >= 0.3 is 0 Å². The predicted molar refractivity (Wildman–Crippen MR) is 74.4 cm³/mol. The first-order valence-corrected chi connectivity index (χ1v) is 7.25. The maximum atomic E-state index is 13.1. The minimum absolute atomic E-state index is 0.287. The van der Waals surface area contributed by atoms with E-state index < -0.39 is 6.10 Å². The summed E-state index contributed by atoms with van der Waals surface area (Å²) < 4.78 is 13.9. The number of rotatable bonds is 4. The number of hydrogen-bond acceptors (Lipinski definition) is 3. The lowest BCUT2D eigenvalue weighted by atomic mass is 10.1. The van der Waals surface area contributed by atoms with Gasteiger partial charge in [-0.2, -0.15) is 0 Å². The SMILES string of the molecule is Cc1csc(CC(O)Cc2cc(F)ccc2Br)n1. The van der Waals surface area contributed by atoms with Crippen LogP contribution in [0, 0.1) is 12.7 Å². The Morgan fingerprint density at radius 2 is 2.22 bits per heavy atom. The van der Waals surface area contributed by atoms with E-state index in [1.165, 1.54) is 23.5 Å². The first kappa shape index (κ1) is 13.6. The number of benzene rings is 1. The molecule has 96 valence electrons. The van der Waals surface area contributed by atoms with Crippen LogP contribution in [0.25, 0.3) is 0 Å². The van der Waals surface area contributed by atoms with Crippen molar-refractivity contribution in [2.75, 3.05) is 0 Å². The second kappa shape index (κ2) is 5.91. The van der Waals surface area contributed by atoms with Crippen molar-refractivity contribution in [3.63, 3.8) is 0 Å². The van der Waals surface area contributed by atoms with Gasteiger partial charge in [0.1, 0.15) is 5.82 Å². The van der Waals surface area contributed by atoms with Crippen molar-refractivity contribution in [2.45, 2.75) is 25.9 Å². The lowest BCUT2D eigenvalue weighted by Gasteiger charge is -2.10. The summed E-state index contributed by atoms with van der Waals surface area (Å²) >= 11 is 4.90. The number of halogens is 2. The van der Waals surface area contributed by atoms with Gasteiger partial charge in [-0.15, -0.1) is 11.3 Å². The number of aromatic nitrogens is 1. The summed E-state index contributed by atoms with van der Waals surface area (Å²) in [6.45, 7) is 1.93. The van der Waals surface area contributed by atoms with Gasteiger partial charge < -0.3 is 5.11 Å². The van der Waals surface area contributed by atoms with Crippen LogP contribution < -0.4 is 0 Å². The maximum absolute atomic E-state index is 13.1. The summed E-state index contributed by atoms with van der Waals surface area (Å²) in [5.41, 5.74) is 1.74. The Bertz CT molecular complexity index is 544. The van der Waals surface area contributed by atoms with Gasteiger partial charge in [-0.3, -0.25) is 0 Å². The van der Waals surface area contributed by atoms with Crippen LogP contribution >= 0.6 is 27.3 Å². The van der Waals surface area contributed by atoms with Gasteiger partial charge in [0, 0.05) is 22.0 Å². The fraction of sp³-hybridized carbons (Fsp3) is 0.308. The molecule has 0 fully saturated rings. The molecule has 5 heteroatoms. The van der Waals surface area contributed by atoms with E-state index in [1.807, 2.05) is 12.3 Å². The van der Waals surface area contributed by atoms with Crippen LogP contribution in [0.2, 0.25) is 0 Å². The Labute approximate surface area is 118 Å². The highest BCUT2D eigenvalue weighted by atomic mass is 79.9. The highest BCUT2D eigenvalue weighted by Crippen LogP contribution is 2.21. The highest BCUT2D eigenvalue weighted by molar-refractivity contribution is 9.10. The first-order chi connectivity index (χ1) is 8.54. The molecule has 1 aromatic carbocycles. The van der Waals surface area contributed by atoms with E-state index >= 15 is 0 Å². The molecule has 0 aliphatic carbocycles. The molecule has 0 aliphatic heterocycles. The van der Waals surface area contributed by atoms with Crippen molar-refractivity contribution in [2.24, 2.45) is 0 Å². The molecule has 0 aliphatic rings. The van der Waals surface area contributed by atoms with E-state index in [0.717, 1.165) is 20.7 Å². The Morgan fingerprint density at radius 1 is 1.44 bits per heavy atom. The molecule has 0 radical (unpaired) electrons. The molecule has 1 N–H and O–H groups in total. The molecular weight excluding hydrogens is 317 g/mol. The predicted octanol–water partition coefficient (Wildman–Crippen LogP) is 3.50. The number of thiazole rings is 1. The molecule has 1 unspecified atom stereocenters. The molecule has 0 spiro atoms. The van der Waals surface area contributed by atoms with E-state index in [9.17, 15) is 9.50 Å². The lowest BCUT2D eigenvalue weighted by Crippen LogP contribution is -2.14. The average molecular weight is 330 g/mol. The van der Waals surface area contributed by atoms with Crippen LogP contribution in [0.1, 0.15) is 16.3 Å². The normalized spacial score (nSPS) is 12.7. The summed E-state index contributed by atoms with van der Waals surface area (Å²) in [5.74, 6) is -0.287. The van der Waals surface area contributed by atoms with E-state index in [-0.39, 0.29) is 5.82 Å². The van der Waals surface area contributed by atoms with Gasteiger partial charge in [0.15, 0.2) is 0 Å². The molecule has 2 rings (SSSR count). The van der Waals surface area contributed by atoms with Crippen molar-refractivity contribution in [1.29, 1.82) is 0 Å². The van der Waals surface area contributed by atoms with Gasteiger partial charge in [0.25, 0.3) is 0 Å². The average Bonchev–Trinajstić information content (AvgIpc) is 2.69. The smallest absolute Gasteiger partial charge is 0.123 e. The van der Waals surface area contributed by atoms with Gasteiger partial charge in [0.05, 0.1) is 11.1 Å². The summed E-state index contributed by atoms with van der Waals surface area (Å²) in [7, 11) is 0. The molecule has 0 saturated heterocycles. The second-order valence-electron chi connectivity index (χ2n) is 4.18. The standard InChI is InChI=1S/C13H13BrFNOS/c1-8-7-18-13(16-8)6-11(17)5-9-4-10(15)2-3-12(9)14/h2-4,7,11,17H,5-6H2,1H3. The molecule has 0 saturated carbocycles. The fourth-order valence-corrected chi connectivity index (χ4v) is 2.98. The lowest BCUT2D eigenvalue weighted by molar-refractivity contribution is 0.175. The largest absolute Gasteiger partial charge is 0.392 e. The summed E-state index contributed by atoms with van der Waals surface area (Å²) in [4.78, 5) is 4.30. The van der Waals surface area contributed by atoms with Gasteiger partial charge in [-0.05, 0) is 37.1 Å². The van der Waals surface area contributed by atoms with Gasteiger partial charge in [-0.25, -0.2) is 9.37 Å². The minimum Gasteiger partial charge on any atom is -0.392 e. The Kier molecular flexibility index (Phi) is 4.48. The molecule has 1 heterocycles. The second-order valence-corrected chi connectivity index (χ2v) is 5.98. The number of nitrogens with zero attached hydrogens (tertiary/aromatic N) is 1. The Balaban J connectivity index is 2.02. The summed E-state index contributed by atoms with van der Waals surface area (Å²) in [5, 5.41) is 12.9. The third-order valence-electron chi connectivity index (χ3n) is 2.54. The number of hydrogen-bond donors (Lipinski definition) is 1. The fourth-order valence-electron chi connectivity index (χ4n) is 1.72. The maximum Gasteiger partial charge on any atom is 0.123 e. The zero-order valence-corrected chi connectivity index (χ0v) is 12.3. The van der Waals surface area contributed by atoms with Crippen LogP contribution in [-0.4, -0.2) is 16.2 Å². The van der Waals surface area contributed by atoms with Crippen molar-refractivity contribution >= 4 is 27.3 Å². The van der Waals surface area contributed by atoms with Gasteiger partial charge in [0.2, 0.25) is 0 Å². The van der Waals surface area contributed by atoms with Crippen LogP contribution in [-0.2, 0) is 12.8 Å². The quantitative estimate of drug-likeness (QED) is 0.931. The van der Waals surface area contributed by atoms with Crippen LogP contribution in [0.4, 0.5) is 4.39 Å².